The van der Waals surface area contributed by atoms with Crippen molar-refractivity contribution in [2.24, 2.45) is 0 Å². The fourth-order valence-electron chi connectivity index (χ4n) is 0.805. The molecule has 0 amide bonds. The van der Waals surface area contributed by atoms with Gasteiger partial charge in [0.1, 0.15) is 0 Å². The maximum Gasteiger partial charge on any atom is 0.290 e. The van der Waals surface area contributed by atoms with Crippen molar-refractivity contribution < 1.29 is 13.7 Å². The molecule has 0 unspecified atom stereocenters. The van der Waals surface area contributed by atoms with Crippen molar-refractivity contribution in [2.75, 3.05) is 7.11 Å². The lowest BCUT2D eigenvalue weighted by atomic mass is 10.3. The van der Waals surface area contributed by atoms with Crippen LogP contribution in [0.1, 0.15) is 19.1 Å². The largest absolute Gasteiger partial charge is 0.477 e. The van der Waals surface area contributed by atoms with E-state index in [2.05, 4.69) is 14.4 Å². The first-order valence-electron chi connectivity index (χ1n) is 3.47. The zero-order chi connectivity index (χ0) is 8.27. The predicted molar refractivity (Wildman–Crippen MR) is 37.0 cm³/mol. The van der Waals surface area contributed by atoms with Gasteiger partial charge in [0.05, 0.1) is 7.11 Å². The molecule has 0 atom stereocenters. The highest BCUT2D eigenvalue weighted by Crippen LogP contribution is 2.19. The van der Waals surface area contributed by atoms with Crippen LogP contribution >= 0.6 is 0 Å². The zero-order valence-corrected chi connectivity index (χ0v) is 6.56. The van der Waals surface area contributed by atoms with Gasteiger partial charge in [-0.05, 0) is 11.6 Å². The lowest BCUT2D eigenvalue weighted by Crippen LogP contribution is -1.87. The Morgan fingerprint density at radius 1 is 1.64 bits per heavy atom. The third kappa shape index (κ3) is 1.50. The Morgan fingerprint density at radius 3 is 2.82 bits per heavy atom. The molecule has 11 heavy (non-hydrogen) atoms. The first-order chi connectivity index (χ1) is 5.29. The maximum absolute atomic E-state index is 12.9. The number of aromatic nitrogens is 1. The molecule has 1 rings (SSSR count). The first kappa shape index (κ1) is 8.04. The standard InChI is InChI=1S/C7H10FNO2/c1-3-4-5-6(8)7(10-2)9-11-5/h3-4H2,1-2H3. The first-order valence-corrected chi connectivity index (χ1v) is 3.47. The van der Waals surface area contributed by atoms with E-state index in [0.29, 0.717) is 6.42 Å². The number of halogens is 1. The minimum absolute atomic E-state index is 0.0616. The Hall–Kier alpha value is -1.06. The number of rotatable bonds is 3. The molecule has 0 saturated carbocycles. The van der Waals surface area contributed by atoms with Gasteiger partial charge < -0.3 is 9.26 Å². The number of aryl methyl sites for hydroxylation is 1. The van der Waals surface area contributed by atoms with Gasteiger partial charge in [-0.2, -0.15) is 4.39 Å². The van der Waals surface area contributed by atoms with Crippen LogP contribution in [0.5, 0.6) is 5.88 Å². The molecule has 0 fully saturated rings. The zero-order valence-electron chi connectivity index (χ0n) is 6.56. The molecule has 0 N–H and O–H groups in total. The lowest BCUT2D eigenvalue weighted by Gasteiger charge is -1.89. The highest BCUT2D eigenvalue weighted by atomic mass is 19.1. The molecular weight excluding hydrogens is 149 g/mol. The number of methoxy groups -OCH3 is 1. The summed E-state index contributed by atoms with van der Waals surface area (Å²) < 4.78 is 22.2. The molecule has 0 radical (unpaired) electrons. The van der Waals surface area contributed by atoms with E-state index in [0.717, 1.165) is 6.42 Å². The fraction of sp³-hybridized carbons (Fsp3) is 0.571. The van der Waals surface area contributed by atoms with E-state index in [4.69, 9.17) is 0 Å². The molecule has 62 valence electrons. The summed E-state index contributed by atoms with van der Waals surface area (Å²) in [7, 11) is 1.36. The molecule has 0 aliphatic heterocycles. The molecule has 0 spiro atoms. The quantitative estimate of drug-likeness (QED) is 0.674. The number of nitrogens with zero attached hydrogens (tertiary/aromatic N) is 1. The van der Waals surface area contributed by atoms with Crippen LogP contribution in [0.3, 0.4) is 0 Å². The summed E-state index contributed by atoms with van der Waals surface area (Å²) in [5.41, 5.74) is 0. The summed E-state index contributed by atoms with van der Waals surface area (Å²) >= 11 is 0. The topological polar surface area (TPSA) is 35.3 Å². The minimum Gasteiger partial charge on any atom is -0.477 e. The Balaban J connectivity index is 2.82. The van der Waals surface area contributed by atoms with Gasteiger partial charge >= 0.3 is 0 Å². The Kier molecular flexibility index (Phi) is 2.46. The second-order valence-corrected chi connectivity index (χ2v) is 2.18. The van der Waals surface area contributed by atoms with Crippen molar-refractivity contribution in [2.45, 2.75) is 19.8 Å². The van der Waals surface area contributed by atoms with Crippen LogP contribution in [0, 0.1) is 5.82 Å². The van der Waals surface area contributed by atoms with E-state index in [1.807, 2.05) is 6.92 Å². The Labute approximate surface area is 64.1 Å². The fourth-order valence-corrected chi connectivity index (χ4v) is 0.805. The average Bonchev–Trinajstić information content (AvgIpc) is 2.34. The SMILES string of the molecule is CCCc1onc(OC)c1F. The Morgan fingerprint density at radius 2 is 2.36 bits per heavy atom. The summed E-state index contributed by atoms with van der Waals surface area (Å²) in [6.07, 6.45) is 1.39. The van der Waals surface area contributed by atoms with E-state index >= 15 is 0 Å². The lowest BCUT2D eigenvalue weighted by molar-refractivity contribution is 0.325. The summed E-state index contributed by atoms with van der Waals surface area (Å²) in [5, 5.41) is 3.38. The third-order valence-electron chi connectivity index (χ3n) is 1.34. The highest BCUT2D eigenvalue weighted by molar-refractivity contribution is 5.14. The molecule has 1 heterocycles. The summed E-state index contributed by atoms with van der Waals surface area (Å²) in [6, 6.07) is 0. The van der Waals surface area contributed by atoms with Crippen LogP contribution in [0.4, 0.5) is 4.39 Å². The normalized spacial score (nSPS) is 10.1. The van der Waals surface area contributed by atoms with Crippen LogP contribution in [-0.2, 0) is 6.42 Å². The minimum atomic E-state index is -0.477. The summed E-state index contributed by atoms with van der Waals surface area (Å²) in [6.45, 7) is 1.94. The third-order valence-corrected chi connectivity index (χ3v) is 1.34. The van der Waals surface area contributed by atoms with Crippen molar-refractivity contribution in [1.82, 2.24) is 5.16 Å². The number of hydrogen-bond donors (Lipinski definition) is 0. The monoisotopic (exact) mass is 159 g/mol. The highest BCUT2D eigenvalue weighted by Gasteiger charge is 2.14. The molecule has 0 saturated heterocycles. The van der Waals surface area contributed by atoms with E-state index in [1.165, 1.54) is 7.11 Å². The van der Waals surface area contributed by atoms with Gasteiger partial charge in [-0.15, -0.1) is 0 Å². The van der Waals surface area contributed by atoms with Gasteiger partial charge in [-0.25, -0.2) is 0 Å². The van der Waals surface area contributed by atoms with Gasteiger partial charge in [0.15, 0.2) is 5.76 Å². The second kappa shape index (κ2) is 3.37. The van der Waals surface area contributed by atoms with E-state index in [-0.39, 0.29) is 11.6 Å². The maximum atomic E-state index is 12.9. The Bertz CT molecular complexity index is 234. The van der Waals surface area contributed by atoms with Crippen LogP contribution in [0.15, 0.2) is 4.52 Å². The molecule has 0 aromatic carbocycles. The van der Waals surface area contributed by atoms with Gasteiger partial charge in [-0.3, -0.25) is 0 Å². The van der Waals surface area contributed by atoms with Gasteiger partial charge in [0.2, 0.25) is 5.82 Å². The van der Waals surface area contributed by atoms with Gasteiger partial charge in [0, 0.05) is 6.42 Å². The molecular formula is C7H10FNO2. The molecule has 0 aliphatic rings. The van der Waals surface area contributed by atoms with Crippen molar-refractivity contribution in [3.8, 4) is 5.88 Å². The van der Waals surface area contributed by atoms with Crippen LogP contribution in [0.2, 0.25) is 0 Å². The number of ether oxygens (including phenoxy) is 1. The van der Waals surface area contributed by atoms with Gasteiger partial charge in [-0.1, -0.05) is 6.92 Å². The molecule has 1 aromatic heterocycles. The smallest absolute Gasteiger partial charge is 0.290 e. The van der Waals surface area contributed by atoms with Crippen molar-refractivity contribution in [1.29, 1.82) is 0 Å². The predicted octanol–water partition coefficient (Wildman–Crippen LogP) is 1.77. The summed E-state index contributed by atoms with van der Waals surface area (Å²) in [5.74, 6) is -0.271. The van der Waals surface area contributed by atoms with Crippen LogP contribution < -0.4 is 4.74 Å². The number of hydrogen-bond acceptors (Lipinski definition) is 3. The van der Waals surface area contributed by atoms with Crippen LogP contribution in [0.25, 0.3) is 0 Å². The van der Waals surface area contributed by atoms with Crippen molar-refractivity contribution >= 4 is 0 Å². The molecule has 0 bridgehead atoms. The van der Waals surface area contributed by atoms with Gasteiger partial charge in [0.25, 0.3) is 5.88 Å². The molecule has 0 aliphatic carbocycles. The van der Waals surface area contributed by atoms with E-state index in [9.17, 15) is 4.39 Å². The van der Waals surface area contributed by atoms with Crippen LogP contribution in [-0.4, -0.2) is 12.3 Å². The molecule has 3 nitrogen and oxygen atoms in total. The van der Waals surface area contributed by atoms with Crippen molar-refractivity contribution in [3.05, 3.63) is 11.6 Å². The average molecular weight is 159 g/mol. The van der Waals surface area contributed by atoms with E-state index < -0.39 is 5.82 Å². The summed E-state index contributed by atoms with van der Waals surface area (Å²) in [4.78, 5) is 0. The molecule has 1 aromatic rings. The van der Waals surface area contributed by atoms with E-state index in [1.54, 1.807) is 0 Å². The molecule has 4 heteroatoms. The second-order valence-electron chi connectivity index (χ2n) is 2.18. The van der Waals surface area contributed by atoms with Crippen molar-refractivity contribution in [3.63, 3.8) is 0 Å².